The Morgan fingerprint density at radius 1 is 1.10 bits per heavy atom. The fourth-order valence-electron chi connectivity index (χ4n) is 2.06. The van der Waals surface area contributed by atoms with Crippen molar-refractivity contribution in [3.05, 3.63) is 71.9 Å². The van der Waals surface area contributed by atoms with Crippen LogP contribution in [-0.4, -0.2) is 16.1 Å². The first-order valence-corrected chi connectivity index (χ1v) is 6.52. The van der Waals surface area contributed by atoms with Crippen LogP contribution in [0.4, 0.5) is 0 Å². The number of carboxylic acid groups (broad SMARTS) is 1. The number of carbonyl (C=O) groups is 1. The average Bonchev–Trinajstić information content (AvgIpc) is 2.53. The second-order valence-corrected chi connectivity index (χ2v) is 4.65. The van der Waals surface area contributed by atoms with Crippen LogP contribution in [0.15, 0.2) is 60.8 Å². The highest BCUT2D eigenvalue weighted by Crippen LogP contribution is 2.17. The highest BCUT2D eigenvalue weighted by atomic mass is 16.5. The molecular formula is C17H13NO3. The molecule has 0 radical (unpaired) electrons. The standard InChI is InChI=1S/C17H13NO3/c19-17(20)14-5-7-15(8-6-14)21-11-12-3-4-13-2-1-9-18-16(13)10-12/h1-10H,11H2,(H,19,20). The summed E-state index contributed by atoms with van der Waals surface area (Å²) in [6.07, 6.45) is 1.76. The topological polar surface area (TPSA) is 59.4 Å². The third kappa shape index (κ3) is 3.00. The molecule has 1 aromatic heterocycles. The van der Waals surface area contributed by atoms with Gasteiger partial charge in [0, 0.05) is 11.6 Å². The van der Waals surface area contributed by atoms with Gasteiger partial charge in [-0.25, -0.2) is 4.79 Å². The molecule has 1 N–H and O–H groups in total. The van der Waals surface area contributed by atoms with Gasteiger partial charge in [-0.3, -0.25) is 4.98 Å². The van der Waals surface area contributed by atoms with Gasteiger partial charge in [-0.2, -0.15) is 0 Å². The molecule has 2 aromatic carbocycles. The number of aromatic carboxylic acids is 1. The van der Waals surface area contributed by atoms with E-state index in [1.54, 1.807) is 18.3 Å². The highest BCUT2D eigenvalue weighted by molar-refractivity contribution is 5.87. The van der Waals surface area contributed by atoms with Crippen molar-refractivity contribution < 1.29 is 14.6 Å². The highest BCUT2D eigenvalue weighted by Gasteiger charge is 2.03. The van der Waals surface area contributed by atoms with Crippen LogP contribution in [0.2, 0.25) is 0 Å². The summed E-state index contributed by atoms with van der Waals surface area (Å²) in [5, 5.41) is 9.93. The molecule has 1 heterocycles. The van der Waals surface area contributed by atoms with E-state index in [2.05, 4.69) is 4.98 Å². The summed E-state index contributed by atoms with van der Waals surface area (Å²) in [7, 11) is 0. The minimum Gasteiger partial charge on any atom is -0.489 e. The average molecular weight is 279 g/mol. The van der Waals surface area contributed by atoms with E-state index in [4.69, 9.17) is 9.84 Å². The number of rotatable bonds is 4. The predicted molar refractivity (Wildman–Crippen MR) is 79.5 cm³/mol. The molecule has 0 aliphatic carbocycles. The van der Waals surface area contributed by atoms with E-state index in [-0.39, 0.29) is 5.56 Å². The number of fused-ring (bicyclic) bond motifs is 1. The predicted octanol–water partition coefficient (Wildman–Crippen LogP) is 3.51. The normalized spacial score (nSPS) is 10.5. The first-order chi connectivity index (χ1) is 10.2. The number of benzene rings is 2. The molecule has 104 valence electrons. The van der Waals surface area contributed by atoms with E-state index in [0.29, 0.717) is 12.4 Å². The third-order valence-electron chi connectivity index (χ3n) is 3.18. The van der Waals surface area contributed by atoms with Gasteiger partial charge in [-0.1, -0.05) is 18.2 Å². The number of carboxylic acids is 1. The smallest absolute Gasteiger partial charge is 0.335 e. The molecule has 0 spiro atoms. The Kier molecular flexibility index (Phi) is 3.51. The van der Waals surface area contributed by atoms with Crippen LogP contribution in [0, 0.1) is 0 Å². The molecule has 4 nitrogen and oxygen atoms in total. The van der Waals surface area contributed by atoms with E-state index >= 15 is 0 Å². The summed E-state index contributed by atoms with van der Waals surface area (Å²) in [6, 6.07) is 16.3. The Labute approximate surface area is 121 Å². The fourth-order valence-corrected chi connectivity index (χ4v) is 2.06. The molecule has 0 aliphatic rings. The SMILES string of the molecule is O=C(O)c1ccc(OCc2ccc3cccnc3c2)cc1. The molecule has 0 saturated carbocycles. The molecular weight excluding hydrogens is 266 g/mol. The van der Waals surface area contributed by atoms with Crippen molar-refractivity contribution in [3.8, 4) is 5.75 Å². The molecule has 4 heteroatoms. The minimum absolute atomic E-state index is 0.247. The summed E-state index contributed by atoms with van der Waals surface area (Å²) < 4.78 is 5.65. The molecule has 0 atom stereocenters. The van der Waals surface area contributed by atoms with Gasteiger partial charge < -0.3 is 9.84 Å². The van der Waals surface area contributed by atoms with Crippen molar-refractivity contribution >= 4 is 16.9 Å². The summed E-state index contributed by atoms with van der Waals surface area (Å²) in [6.45, 7) is 0.416. The largest absolute Gasteiger partial charge is 0.489 e. The van der Waals surface area contributed by atoms with Crippen LogP contribution < -0.4 is 4.74 Å². The number of hydrogen-bond donors (Lipinski definition) is 1. The first-order valence-electron chi connectivity index (χ1n) is 6.52. The fraction of sp³-hybridized carbons (Fsp3) is 0.0588. The van der Waals surface area contributed by atoms with Crippen molar-refractivity contribution in [2.24, 2.45) is 0 Å². The molecule has 3 aromatic rings. The van der Waals surface area contributed by atoms with Gasteiger partial charge in [0.1, 0.15) is 12.4 Å². The van der Waals surface area contributed by atoms with Crippen molar-refractivity contribution in [1.29, 1.82) is 0 Å². The van der Waals surface area contributed by atoms with Crippen molar-refractivity contribution in [1.82, 2.24) is 4.98 Å². The van der Waals surface area contributed by atoms with Gasteiger partial charge in [0.15, 0.2) is 0 Å². The maximum atomic E-state index is 10.8. The molecule has 0 fully saturated rings. The number of aromatic nitrogens is 1. The second-order valence-electron chi connectivity index (χ2n) is 4.65. The summed E-state index contributed by atoms with van der Waals surface area (Å²) in [5.41, 5.74) is 2.19. The summed E-state index contributed by atoms with van der Waals surface area (Å²) in [5.74, 6) is -0.303. The van der Waals surface area contributed by atoms with E-state index in [1.165, 1.54) is 12.1 Å². The van der Waals surface area contributed by atoms with Crippen LogP contribution in [-0.2, 0) is 6.61 Å². The Hall–Kier alpha value is -2.88. The van der Waals surface area contributed by atoms with E-state index < -0.39 is 5.97 Å². The monoisotopic (exact) mass is 279 g/mol. The van der Waals surface area contributed by atoms with Crippen LogP contribution in [0.3, 0.4) is 0 Å². The number of pyridine rings is 1. The maximum Gasteiger partial charge on any atom is 0.335 e. The Morgan fingerprint density at radius 2 is 1.90 bits per heavy atom. The Bertz CT molecular complexity index is 781. The molecule has 0 unspecified atom stereocenters. The molecule has 0 saturated heterocycles. The molecule has 0 aliphatic heterocycles. The van der Waals surface area contributed by atoms with Crippen molar-refractivity contribution in [2.45, 2.75) is 6.61 Å². The minimum atomic E-state index is -0.942. The second kappa shape index (κ2) is 5.63. The zero-order valence-corrected chi connectivity index (χ0v) is 11.2. The quantitative estimate of drug-likeness (QED) is 0.794. The van der Waals surface area contributed by atoms with Crippen LogP contribution in [0.5, 0.6) is 5.75 Å². The zero-order chi connectivity index (χ0) is 14.7. The van der Waals surface area contributed by atoms with E-state index in [0.717, 1.165) is 16.5 Å². The lowest BCUT2D eigenvalue weighted by molar-refractivity contribution is 0.0697. The first kappa shape index (κ1) is 13.1. The summed E-state index contributed by atoms with van der Waals surface area (Å²) in [4.78, 5) is 15.1. The third-order valence-corrected chi connectivity index (χ3v) is 3.18. The van der Waals surface area contributed by atoms with Crippen molar-refractivity contribution in [2.75, 3.05) is 0 Å². The molecule has 0 bridgehead atoms. The number of ether oxygens (including phenoxy) is 1. The van der Waals surface area contributed by atoms with E-state index in [1.807, 2.05) is 30.3 Å². The molecule has 0 amide bonds. The lowest BCUT2D eigenvalue weighted by Crippen LogP contribution is -1.98. The Balaban J connectivity index is 1.72. The van der Waals surface area contributed by atoms with Gasteiger partial charge in [0.25, 0.3) is 0 Å². The number of nitrogens with zero attached hydrogens (tertiary/aromatic N) is 1. The van der Waals surface area contributed by atoms with Crippen LogP contribution in [0.25, 0.3) is 10.9 Å². The Morgan fingerprint density at radius 3 is 2.67 bits per heavy atom. The van der Waals surface area contributed by atoms with Gasteiger partial charge in [0.2, 0.25) is 0 Å². The van der Waals surface area contributed by atoms with Crippen molar-refractivity contribution in [3.63, 3.8) is 0 Å². The van der Waals surface area contributed by atoms with Gasteiger partial charge in [-0.15, -0.1) is 0 Å². The van der Waals surface area contributed by atoms with Gasteiger partial charge in [-0.05, 0) is 42.0 Å². The molecule has 3 rings (SSSR count). The lowest BCUT2D eigenvalue weighted by Gasteiger charge is -2.07. The number of hydrogen-bond acceptors (Lipinski definition) is 3. The van der Waals surface area contributed by atoms with Crippen LogP contribution >= 0.6 is 0 Å². The van der Waals surface area contributed by atoms with E-state index in [9.17, 15) is 4.79 Å². The zero-order valence-electron chi connectivity index (χ0n) is 11.2. The van der Waals surface area contributed by atoms with Crippen LogP contribution in [0.1, 0.15) is 15.9 Å². The van der Waals surface area contributed by atoms with Gasteiger partial charge in [0.05, 0.1) is 11.1 Å². The maximum absolute atomic E-state index is 10.8. The molecule has 21 heavy (non-hydrogen) atoms. The summed E-state index contributed by atoms with van der Waals surface area (Å²) >= 11 is 0. The lowest BCUT2D eigenvalue weighted by atomic mass is 10.1. The van der Waals surface area contributed by atoms with Gasteiger partial charge >= 0.3 is 5.97 Å².